The van der Waals surface area contributed by atoms with E-state index in [9.17, 15) is 14.8 Å². The molecule has 0 aliphatic carbocycles. The maximum absolute atomic E-state index is 15.1. The first-order chi connectivity index (χ1) is 17.7. The third kappa shape index (κ3) is 6.13. The molecule has 0 aliphatic rings. The minimum Gasteiger partial charge on any atom is -0.481 e. The summed E-state index contributed by atoms with van der Waals surface area (Å²) in [6.07, 6.45) is 1.69. The van der Waals surface area contributed by atoms with Gasteiger partial charge in [-0.15, -0.1) is 0 Å². The number of rotatable bonds is 8. The van der Waals surface area contributed by atoms with Crippen LogP contribution in [-0.2, 0) is 18.3 Å². The number of carboxylic acid groups (broad SMARTS) is 1. The van der Waals surface area contributed by atoms with E-state index in [1.165, 1.54) is 16.7 Å². The summed E-state index contributed by atoms with van der Waals surface area (Å²) in [5.41, 5.74) is 4.36. The molecule has 1 heterocycles. The second-order valence-electron chi connectivity index (χ2n) is 8.73. The molecule has 4 rings (SSSR count). The van der Waals surface area contributed by atoms with Crippen LogP contribution in [0.15, 0.2) is 95.0 Å². The van der Waals surface area contributed by atoms with Crippen molar-refractivity contribution in [3.63, 3.8) is 0 Å². The molecular formula is C29H24ClFN2O4. The molecule has 0 radical (unpaired) electrons. The number of pyridine rings is 1. The van der Waals surface area contributed by atoms with Crippen LogP contribution < -0.4 is 5.56 Å². The van der Waals surface area contributed by atoms with Crippen molar-refractivity contribution in [2.45, 2.75) is 18.8 Å². The van der Waals surface area contributed by atoms with E-state index >= 15 is 4.39 Å². The molecule has 1 unspecified atom stereocenters. The molecular weight excluding hydrogens is 495 g/mol. The zero-order chi connectivity index (χ0) is 26.5. The predicted molar refractivity (Wildman–Crippen MR) is 141 cm³/mol. The molecule has 0 saturated carbocycles. The van der Waals surface area contributed by atoms with Gasteiger partial charge in [0, 0.05) is 42.2 Å². The van der Waals surface area contributed by atoms with E-state index in [0.29, 0.717) is 22.4 Å². The van der Waals surface area contributed by atoms with Gasteiger partial charge in [0.05, 0.1) is 12.1 Å². The largest absolute Gasteiger partial charge is 0.481 e. The molecule has 8 heteroatoms. The number of aliphatic carboxylic acids is 1. The molecule has 37 heavy (non-hydrogen) atoms. The summed E-state index contributed by atoms with van der Waals surface area (Å²) >= 11 is 5.99. The summed E-state index contributed by atoms with van der Waals surface area (Å²) in [6.45, 7) is 0. The average Bonchev–Trinajstić information content (AvgIpc) is 2.87. The Labute approximate surface area is 217 Å². The Hall–Kier alpha value is -4.23. The van der Waals surface area contributed by atoms with Crippen molar-refractivity contribution in [1.29, 1.82) is 0 Å². The molecule has 0 amide bonds. The van der Waals surface area contributed by atoms with Crippen molar-refractivity contribution in [3.05, 3.63) is 129 Å². The first-order valence-electron chi connectivity index (χ1n) is 11.5. The first-order valence-corrected chi connectivity index (χ1v) is 11.9. The highest BCUT2D eigenvalue weighted by molar-refractivity contribution is 6.30. The van der Waals surface area contributed by atoms with Crippen molar-refractivity contribution in [3.8, 4) is 11.1 Å². The third-order valence-electron chi connectivity index (χ3n) is 6.23. The summed E-state index contributed by atoms with van der Waals surface area (Å²) in [7, 11) is 1.60. The minimum absolute atomic E-state index is 0.0438. The highest BCUT2D eigenvalue weighted by atomic mass is 35.5. The number of halogens is 2. The van der Waals surface area contributed by atoms with Gasteiger partial charge in [0.25, 0.3) is 0 Å². The number of aryl methyl sites for hydroxylation is 1. The van der Waals surface area contributed by atoms with Gasteiger partial charge in [-0.2, -0.15) is 0 Å². The zero-order valence-electron chi connectivity index (χ0n) is 19.9. The lowest BCUT2D eigenvalue weighted by atomic mass is 9.84. The van der Waals surface area contributed by atoms with Crippen LogP contribution in [0.5, 0.6) is 0 Å². The van der Waals surface area contributed by atoms with E-state index in [2.05, 4.69) is 5.16 Å². The summed E-state index contributed by atoms with van der Waals surface area (Å²) in [6, 6.07) is 22.3. The fourth-order valence-corrected chi connectivity index (χ4v) is 4.42. The summed E-state index contributed by atoms with van der Waals surface area (Å²) in [4.78, 5) is 22.7. The van der Waals surface area contributed by atoms with E-state index in [1.807, 2.05) is 36.4 Å². The van der Waals surface area contributed by atoms with E-state index in [4.69, 9.17) is 16.7 Å². The number of carbonyl (C=O) groups is 1. The van der Waals surface area contributed by atoms with Crippen LogP contribution in [0.1, 0.15) is 34.6 Å². The Morgan fingerprint density at radius 2 is 1.65 bits per heavy atom. The Kier molecular flexibility index (Phi) is 7.84. The normalized spacial score (nSPS) is 12.4. The number of aromatic nitrogens is 1. The van der Waals surface area contributed by atoms with E-state index in [-0.39, 0.29) is 23.4 Å². The van der Waals surface area contributed by atoms with Crippen molar-refractivity contribution in [2.75, 3.05) is 0 Å². The van der Waals surface area contributed by atoms with Gasteiger partial charge in [0.1, 0.15) is 5.82 Å². The van der Waals surface area contributed by atoms with Crippen molar-refractivity contribution in [1.82, 2.24) is 4.57 Å². The summed E-state index contributed by atoms with van der Waals surface area (Å²) in [5, 5.41) is 22.5. The van der Waals surface area contributed by atoms with Gasteiger partial charge in [0.2, 0.25) is 5.56 Å². The minimum atomic E-state index is -0.888. The second-order valence-corrected chi connectivity index (χ2v) is 9.16. The smallest absolute Gasteiger partial charge is 0.307 e. The Bertz CT molecular complexity index is 1510. The number of oxime groups is 1. The van der Waals surface area contributed by atoms with Crippen LogP contribution >= 0.6 is 11.6 Å². The average molecular weight is 519 g/mol. The standard InChI is InChI=1S/C29H24ClFN2O4/c1-33-17-22(10-13-28(33)34)27(32-37)16-25(24-12-11-23(30)15-26(24)31)21-8-6-20(7-9-21)19-4-2-18(3-5-19)14-29(35)36/h2-13,15,17,25,37H,14,16H2,1H3,(H,35,36)/b32-27+. The lowest BCUT2D eigenvalue weighted by Crippen LogP contribution is -2.18. The first kappa shape index (κ1) is 25.9. The molecule has 0 fully saturated rings. The fraction of sp³-hybridized carbons (Fsp3) is 0.138. The van der Waals surface area contributed by atoms with Crippen LogP contribution in [0, 0.1) is 5.82 Å². The molecule has 0 spiro atoms. The number of nitrogens with zero attached hydrogens (tertiary/aromatic N) is 2. The molecule has 0 aliphatic heterocycles. The second kappa shape index (κ2) is 11.2. The topological polar surface area (TPSA) is 91.9 Å². The zero-order valence-corrected chi connectivity index (χ0v) is 20.7. The molecule has 0 bridgehead atoms. The van der Waals surface area contributed by atoms with Crippen LogP contribution in [0.25, 0.3) is 11.1 Å². The highest BCUT2D eigenvalue weighted by Crippen LogP contribution is 2.34. The maximum atomic E-state index is 15.1. The third-order valence-corrected chi connectivity index (χ3v) is 6.47. The van der Waals surface area contributed by atoms with E-state index in [1.54, 1.807) is 43.6 Å². The monoisotopic (exact) mass is 518 g/mol. The SMILES string of the molecule is Cn1cc(/C(CC(c2ccc(-c3ccc(CC(=O)O)cc3)cc2)c2ccc(Cl)cc2F)=N/O)ccc1=O. The molecule has 4 aromatic rings. The maximum Gasteiger partial charge on any atom is 0.307 e. The number of hydrogen-bond acceptors (Lipinski definition) is 4. The molecule has 6 nitrogen and oxygen atoms in total. The van der Waals surface area contributed by atoms with Gasteiger partial charge < -0.3 is 14.9 Å². The Balaban J connectivity index is 1.69. The van der Waals surface area contributed by atoms with Crippen LogP contribution in [0.2, 0.25) is 5.02 Å². The van der Waals surface area contributed by atoms with Crippen LogP contribution in [0.4, 0.5) is 4.39 Å². The fourth-order valence-electron chi connectivity index (χ4n) is 4.26. The molecule has 2 N–H and O–H groups in total. The number of carboxylic acids is 1. The lowest BCUT2D eigenvalue weighted by molar-refractivity contribution is -0.136. The molecule has 1 aromatic heterocycles. The molecule has 0 saturated heterocycles. The summed E-state index contributed by atoms with van der Waals surface area (Å²) in [5.74, 6) is -1.87. The van der Waals surface area contributed by atoms with Crippen LogP contribution in [0.3, 0.4) is 0 Å². The van der Waals surface area contributed by atoms with Gasteiger partial charge >= 0.3 is 5.97 Å². The molecule has 188 valence electrons. The van der Waals surface area contributed by atoms with Crippen molar-refractivity contribution >= 4 is 23.3 Å². The van der Waals surface area contributed by atoms with Gasteiger partial charge in [0.15, 0.2) is 0 Å². The molecule has 3 aromatic carbocycles. The van der Waals surface area contributed by atoms with E-state index in [0.717, 1.165) is 16.7 Å². The van der Waals surface area contributed by atoms with E-state index < -0.39 is 17.7 Å². The van der Waals surface area contributed by atoms with Crippen molar-refractivity contribution < 1.29 is 19.5 Å². The number of hydrogen-bond donors (Lipinski definition) is 2. The molecule has 1 atom stereocenters. The van der Waals surface area contributed by atoms with Crippen LogP contribution in [-0.4, -0.2) is 26.6 Å². The number of benzene rings is 3. The van der Waals surface area contributed by atoms with Gasteiger partial charge in [-0.3, -0.25) is 9.59 Å². The summed E-state index contributed by atoms with van der Waals surface area (Å²) < 4.78 is 16.4. The van der Waals surface area contributed by atoms with Gasteiger partial charge in [-0.05, 0) is 46.0 Å². The van der Waals surface area contributed by atoms with Crippen molar-refractivity contribution in [2.24, 2.45) is 12.2 Å². The predicted octanol–water partition coefficient (Wildman–Crippen LogP) is 5.87. The lowest BCUT2D eigenvalue weighted by Gasteiger charge is -2.20. The Morgan fingerprint density at radius 3 is 2.22 bits per heavy atom. The Morgan fingerprint density at radius 1 is 1.00 bits per heavy atom. The highest BCUT2D eigenvalue weighted by Gasteiger charge is 2.22. The van der Waals surface area contributed by atoms with Gasteiger partial charge in [-0.1, -0.05) is 71.4 Å². The quantitative estimate of drug-likeness (QED) is 0.173. The van der Waals surface area contributed by atoms with Gasteiger partial charge in [-0.25, -0.2) is 4.39 Å².